The average molecular weight is 187 g/mol. The first-order valence-corrected chi connectivity index (χ1v) is 4.19. The molecule has 0 fully saturated rings. The van der Waals surface area contributed by atoms with Gasteiger partial charge in [0.25, 0.3) is 5.92 Å². The van der Waals surface area contributed by atoms with E-state index in [1.54, 1.807) is 6.21 Å². The summed E-state index contributed by atoms with van der Waals surface area (Å²) in [5, 5.41) is 0. The number of hydrogen-bond acceptors (Lipinski definition) is 1. The van der Waals surface area contributed by atoms with Gasteiger partial charge in [0.15, 0.2) is 0 Å². The maximum atomic E-state index is 12.2. The van der Waals surface area contributed by atoms with Crippen LogP contribution in [0.5, 0.6) is 0 Å². The van der Waals surface area contributed by atoms with Crippen molar-refractivity contribution in [1.29, 1.82) is 0 Å². The molecular formula is C10H15F2N. The van der Waals surface area contributed by atoms with Crippen LogP contribution in [0.2, 0.25) is 0 Å². The van der Waals surface area contributed by atoms with E-state index in [0.717, 1.165) is 25.0 Å². The molecule has 0 saturated heterocycles. The molecule has 74 valence electrons. The molecule has 3 heteroatoms. The predicted molar refractivity (Wildman–Crippen MR) is 52.6 cm³/mol. The lowest BCUT2D eigenvalue weighted by Crippen LogP contribution is -2.03. The Morgan fingerprint density at radius 3 is 2.62 bits per heavy atom. The molecule has 0 aliphatic rings. The zero-order valence-corrected chi connectivity index (χ0v) is 8.06. The summed E-state index contributed by atoms with van der Waals surface area (Å²) < 4.78 is 24.4. The van der Waals surface area contributed by atoms with Crippen molar-refractivity contribution in [3.05, 3.63) is 24.3 Å². The van der Waals surface area contributed by atoms with Gasteiger partial charge in [-0.05, 0) is 18.1 Å². The summed E-state index contributed by atoms with van der Waals surface area (Å²) in [6, 6.07) is 0. The van der Waals surface area contributed by atoms with Crippen molar-refractivity contribution in [2.75, 3.05) is 6.54 Å². The highest BCUT2D eigenvalue weighted by atomic mass is 19.3. The molecule has 0 unspecified atom stereocenters. The van der Waals surface area contributed by atoms with Crippen LogP contribution in [0.3, 0.4) is 0 Å². The minimum Gasteiger partial charge on any atom is -0.289 e. The predicted octanol–water partition coefficient (Wildman–Crippen LogP) is 3.23. The molecule has 0 radical (unpaired) electrons. The second kappa shape index (κ2) is 5.62. The minimum absolute atomic E-state index is 0.280. The van der Waals surface area contributed by atoms with Gasteiger partial charge in [-0.1, -0.05) is 19.6 Å². The fraction of sp³-hybridized carbons (Fsp3) is 0.500. The van der Waals surface area contributed by atoms with Gasteiger partial charge in [0.2, 0.25) is 0 Å². The zero-order chi connectivity index (χ0) is 10.3. The molecule has 13 heavy (non-hydrogen) atoms. The van der Waals surface area contributed by atoms with E-state index < -0.39 is 5.92 Å². The number of nitrogens with zero attached hydrogens (tertiary/aromatic N) is 1. The summed E-state index contributed by atoms with van der Waals surface area (Å²) in [7, 11) is 0. The summed E-state index contributed by atoms with van der Waals surface area (Å²) >= 11 is 0. The van der Waals surface area contributed by atoms with Crippen LogP contribution < -0.4 is 0 Å². The minimum atomic E-state index is -2.74. The van der Waals surface area contributed by atoms with Crippen molar-refractivity contribution >= 4 is 6.21 Å². The molecule has 0 aromatic heterocycles. The number of hydrogen-bond donors (Lipinski definition) is 0. The Hall–Kier alpha value is -0.990. The molecule has 0 amide bonds. The van der Waals surface area contributed by atoms with E-state index in [1.807, 2.05) is 6.92 Å². The fourth-order valence-corrected chi connectivity index (χ4v) is 0.594. The summed E-state index contributed by atoms with van der Waals surface area (Å²) in [6.45, 7) is 6.79. The lowest BCUT2D eigenvalue weighted by atomic mass is 10.3. The molecule has 0 rings (SSSR count). The third-order valence-electron chi connectivity index (χ3n) is 1.35. The Labute approximate surface area is 77.9 Å². The quantitative estimate of drug-likeness (QED) is 0.463. The molecule has 0 bridgehead atoms. The van der Waals surface area contributed by atoms with Crippen LogP contribution in [0.4, 0.5) is 8.78 Å². The Balaban J connectivity index is 3.74. The van der Waals surface area contributed by atoms with Gasteiger partial charge in [-0.2, -0.15) is 0 Å². The van der Waals surface area contributed by atoms with Crippen molar-refractivity contribution in [2.45, 2.75) is 26.2 Å². The second-order valence-electron chi connectivity index (χ2n) is 2.86. The molecule has 0 aliphatic heterocycles. The van der Waals surface area contributed by atoms with E-state index >= 15 is 0 Å². The van der Waals surface area contributed by atoms with Gasteiger partial charge in [-0.15, -0.1) is 0 Å². The number of alkyl halides is 2. The van der Waals surface area contributed by atoms with Gasteiger partial charge in [0, 0.05) is 13.1 Å². The Kier molecular flexibility index (Phi) is 5.19. The fourth-order valence-electron chi connectivity index (χ4n) is 0.594. The molecule has 0 aromatic carbocycles. The van der Waals surface area contributed by atoms with Gasteiger partial charge in [-0.25, -0.2) is 8.78 Å². The highest BCUT2D eigenvalue weighted by Gasteiger charge is 2.14. The standard InChI is InChI=1S/C10H15F2N/c1-4-9(2)8-13-7-5-6-10(3,11)12/h5-6,8H,2,4,7H2,1,3H3/b6-5-,13-8?. The monoisotopic (exact) mass is 187 g/mol. The molecule has 0 heterocycles. The van der Waals surface area contributed by atoms with Crippen LogP contribution in [0.25, 0.3) is 0 Å². The Morgan fingerprint density at radius 2 is 2.15 bits per heavy atom. The molecule has 0 aliphatic carbocycles. The van der Waals surface area contributed by atoms with Gasteiger partial charge < -0.3 is 0 Å². The van der Waals surface area contributed by atoms with Gasteiger partial charge in [0.05, 0.1) is 6.54 Å². The number of rotatable bonds is 5. The highest BCUT2D eigenvalue weighted by molar-refractivity contribution is 5.77. The van der Waals surface area contributed by atoms with Gasteiger partial charge in [-0.3, -0.25) is 4.99 Å². The van der Waals surface area contributed by atoms with E-state index in [-0.39, 0.29) is 6.54 Å². The number of aliphatic imine (C=N–C) groups is 1. The van der Waals surface area contributed by atoms with E-state index in [1.165, 1.54) is 6.08 Å². The lowest BCUT2D eigenvalue weighted by Gasteiger charge is -2.00. The maximum absolute atomic E-state index is 12.2. The summed E-state index contributed by atoms with van der Waals surface area (Å²) in [6.07, 6.45) is 4.63. The second-order valence-corrected chi connectivity index (χ2v) is 2.86. The largest absolute Gasteiger partial charge is 0.289 e. The first-order valence-electron chi connectivity index (χ1n) is 4.19. The third-order valence-corrected chi connectivity index (χ3v) is 1.35. The number of allylic oxidation sites excluding steroid dienone is 2. The molecule has 1 nitrogen and oxygen atoms in total. The van der Waals surface area contributed by atoms with Gasteiger partial charge in [0.1, 0.15) is 0 Å². The molecular weight excluding hydrogens is 172 g/mol. The molecule has 0 spiro atoms. The average Bonchev–Trinajstić information content (AvgIpc) is 2.01. The molecule has 0 aromatic rings. The van der Waals surface area contributed by atoms with Crippen LogP contribution in [-0.2, 0) is 0 Å². The van der Waals surface area contributed by atoms with E-state index in [2.05, 4.69) is 11.6 Å². The van der Waals surface area contributed by atoms with E-state index in [9.17, 15) is 8.78 Å². The molecule has 0 N–H and O–H groups in total. The topological polar surface area (TPSA) is 12.4 Å². The van der Waals surface area contributed by atoms with Crippen molar-refractivity contribution in [2.24, 2.45) is 4.99 Å². The molecule has 0 atom stereocenters. The van der Waals surface area contributed by atoms with Crippen LogP contribution >= 0.6 is 0 Å². The van der Waals surface area contributed by atoms with Crippen LogP contribution in [0.1, 0.15) is 20.3 Å². The first-order chi connectivity index (χ1) is 5.95. The highest BCUT2D eigenvalue weighted by Crippen LogP contribution is 2.12. The first kappa shape index (κ1) is 12.0. The van der Waals surface area contributed by atoms with Crippen LogP contribution in [-0.4, -0.2) is 18.7 Å². The van der Waals surface area contributed by atoms with E-state index in [0.29, 0.717) is 0 Å². The van der Waals surface area contributed by atoms with E-state index in [4.69, 9.17) is 0 Å². The Morgan fingerprint density at radius 1 is 1.54 bits per heavy atom. The van der Waals surface area contributed by atoms with Crippen molar-refractivity contribution in [1.82, 2.24) is 0 Å². The van der Waals surface area contributed by atoms with Crippen LogP contribution in [0.15, 0.2) is 29.3 Å². The van der Waals surface area contributed by atoms with Gasteiger partial charge >= 0.3 is 0 Å². The summed E-state index contributed by atoms with van der Waals surface area (Å²) in [5.41, 5.74) is 0.900. The lowest BCUT2D eigenvalue weighted by molar-refractivity contribution is 0.0772. The Bertz CT molecular complexity index is 211. The zero-order valence-electron chi connectivity index (χ0n) is 8.06. The normalized spacial score (nSPS) is 12.9. The smallest absolute Gasteiger partial charge is 0.263 e. The third kappa shape index (κ3) is 8.92. The molecule has 0 saturated carbocycles. The van der Waals surface area contributed by atoms with Crippen molar-refractivity contribution in [3.8, 4) is 0 Å². The number of halogens is 2. The van der Waals surface area contributed by atoms with Crippen molar-refractivity contribution < 1.29 is 8.78 Å². The van der Waals surface area contributed by atoms with Crippen LogP contribution in [0, 0.1) is 0 Å². The SMILES string of the molecule is C=C(C=NC/C=C\C(C)(F)F)CC. The maximum Gasteiger partial charge on any atom is 0.263 e. The summed E-state index contributed by atoms with van der Waals surface area (Å²) in [4.78, 5) is 3.90. The van der Waals surface area contributed by atoms with Crippen molar-refractivity contribution in [3.63, 3.8) is 0 Å². The summed E-state index contributed by atoms with van der Waals surface area (Å²) in [5.74, 6) is -2.74.